The van der Waals surface area contributed by atoms with E-state index < -0.39 is 0 Å². The summed E-state index contributed by atoms with van der Waals surface area (Å²) in [6.45, 7) is 6.59. The van der Waals surface area contributed by atoms with Gasteiger partial charge in [0.05, 0.1) is 11.7 Å². The van der Waals surface area contributed by atoms with Gasteiger partial charge >= 0.3 is 6.03 Å². The summed E-state index contributed by atoms with van der Waals surface area (Å²) in [6, 6.07) is 15.4. The quantitative estimate of drug-likeness (QED) is 0.828. The second kappa shape index (κ2) is 7.98. The highest BCUT2D eigenvalue weighted by Gasteiger charge is 2.22. The maximum Gasteiger partial charge on any atom is 0.318 e. The molecule has 1 heterocycles. The molecule has 22 heavy (non-hydrogen) atoms. The van der Waals surface area contributed by atoms with Crippen LogP contribution in [-0.2, 0) is 6.54 Å². The SMILES string of the molecule is C=CCNC(=O)N(Cc1ccccc1)C(C)c1ccccn1. The third-order valence-corrected chi connectivity index (χ3v) is 3.44. The van der Waals surface area contributed by atoms with Crippen LogP contribution in [0.4, 0.5) is 4.79 Å². The van der Waals surface area contributed by atoms with Crippen molar-refractivity contribution >= 4 is 6.03 Å². The topological polar surface area (TPSA) is 45.2 Å². The van der Waals surface area contributed by atoms with E-state index in [9.17, 15) is 4.79 Å². The second-order valence-electron chi connectivity index (χ2n) is 5.02. The van der Waals surface area contributed by atoms with Crippen LogP contribution in [0.2, 0.25) is 0 Å². The third-order valence-electron chi connectivity index (χ3n) is 3.44. The number of carbonyl (C=O) groups excluding carboxylic acids is 1. The zero-order chi connectivity index (χ0) is 15.8. The fourth-order valence-corrected chi connectivity index (χ4v) is 2.21. The molecule has 1 aromatic carbocycles. The van der Waals surface area contributed by atoms with E-state index in [1.165, 1.54) is 0 Å². The van der Waals surface area contributed by atoms with E-state index in [0.29, 0.717) is 13.1 Å². The zero-order valence-corrected chi connectivity index (χ0v) is 12.8. The number of aromatic nitrogens is 1. The van der Waals surface area contributed by atoms with Gasteiger partial charge in [-0.1, -0.05) is 42.5 Å². The molecule has 0 aliphatic heterocycles. The van der Waals surface area contributed by atoms with Gasteiger partial charge in [0, 0.05) is 19.3 Å². The lowest BCUT2D eigenvalue weighted by Gasteiger charge is -2.29. The van der Waals surface area contributed by atoms with Gasteiger partial charge in [0.15, 0.2) is 0 Å². The minimum absolute atomic E-state index is 0.119. The van der Waals surface area contributed by atoms with E-state index in [4.69, 9.17) is 0 Å². The number of benzene rings is 1. The molecular weight excluding hydrogens is 274 g/mol. The molecule has 1 aromatic heterocycles. The first kappa shape index (κ1) is 15.8. The van der Waals surface area contributed by atoms with E-state index in [1.54, 1.807) is 17.2 Å². The number of hydrogen-bond donors (Lipinski definition) is 1. The number of hydrogen-bond acceptors (Lipinski definition) is 2. The molecule has 2 amide bonds. The van der Waals surface area contributed by atoms with Crippen molar-refractivity contribution in [2.45, 2.75) is 19.5 Å². The summed E-state index contributed by atoms with van der Waals surface area (Å²) < 4.78 is 0. The van der Waals surface area contributed by atoms with Crippen molar-refractivity contribution in [3.05, 3.63) is 78.6 Å². The lowest BCUT2D eigenvalue weighted by atomic mass is 10.1. The second-order valence-corrected chi connectivity index (χ2v) is 5.02. The molecular formula is C18H21N3O. The van der Waals surface area contributed by atoms with Crippen molar-refractivity contribution in [1.29, 1.82) is 0 Å². The molecule has 0 saturated heterocycles. The Labute approximate surface area is 131 Å². The molecule has 2 rings (SSSR count). The molecule has 0 bridgehead atoms. The van der Waals surface area contributed by atoms with Gasteiger partial charge in [-0.05, 0) is 24.6 Å². The van der Waals surface area contributed by atoms with Crippen LogP contribution in [-0.4, -0.2) is 22.5 Å². The van der Waals surface area contributed by atoms with Gasteiger partial charge in [0.1, 0.15) is 0 Å². The number of carbonyl (C=O) groups is 1. The Balaban J connectivity index is 2.20. The van der Waals surface area contributed by atoms with E-state index in [1.807, 2.05) is 55.5 Å². The number of nitrogens with zero attached hydrogens (tertiary/aromatic N) is 2. The third kappa shape index (κ3) is 4.19. The molecule has 1 unspecified atom stereocenters. The van der Waals surface area contributed by atoms with E-state index in [-0.39, 0.29) is 12.1 Å². The summed E-state index contributed by atoms with van der Waals surface area (Å²) in [7, 11) is 0. The Hall–Kier alpha value is -2.62. The molecule has 0 aliphatic rings. The summed E-state index contributed by atoms with van der Waals surface area (Å²) in [4.78, 5) is 18.6. The van der Waals surface area contributed by atoms with Crippen molar-refractivity contribution in [1.82, 2.24) is 15.2 Å². The van der Waals surface area contributed by atoms with Crippen LogP contribution in [0, 0.1) is 0 Å². The fourth-order valence-electron chi connectivity index (χ4n) is 2.21. The maximum absolute atomic E-state index is 12.5. The Morgan fingerprint density at radius 1 is 1.27 bits per heavy atom. The number of rotatable bonds is 6. The highest BCUT2D eigenvalue weighted by molar-refractivity contribution is 5.74. The average Bonchev–Trinajstić information content (AvgIpc) is 2.58. The van der Waals surface area contributed by atoms with Crippen LogP contribution in [0.5, 0.6) is 0 Å². The molecule has 2 aromatic rings. The fraction of sp³-hybridized carbons (Fsp3) is 0.222. The van der Waals surface area contributed by atoms with E-state index in [2.05, 4.69) is 16.9 Å². The van der Waals surface area contributed by atoms with Crippen LogP contribution < -0.4 is 5.32 Å². The van der Waals surface area contributed by atoms with Crippen LogP contribution in [0.3, 0.4) is 0 Å². The lowest BCUT2D eigenvalue weighted by Crippen LogP contribution is -2.41. The monoisotopic (exact) mass is 295 g/mol. The van der Waals surface area contributed by atoms with Gasteiger partial charge in [-0.2, -0.15) is 0 Å². The van der Waals surface area contributed by atoms with Crippen molar-refractivity contribution in [2.75, 3.05) is 6.54 Å². The van der Waals surface area contributed by atoms with Crippen LogP contribution >= 0.6 is 0 Å². The highest BCUT2D eigenvalue weighted by atomic mass is 16.2. The predicted molar refractivity (Wildman–Crippen MR) is 88.2 cm³/mol. The molecule has 4 heteroatoms. The molecule has 0 aliphatic carbocycles. The minimum atomic E-state index is -0.123. The average molecular weight is 295 g/mol. The van der Waals surface area contributed by atoms with Crippen molar-refractivity contribution in [3.8, 4) is 0 Å². The van der Waals surface area contributed by atoms with Crippen molar-refractivity contribution < 1.29 is 4.79 Å². The molecule has 114 valence electrons. The predicted octanol–water partition coefficient (Wildman–Crippen LogP) is 3.54. The standard InChI is InChI=1S/C18H21N3O/c1-3-12-20-18(22)21(14-16-9-5-4-6-10-16)15(2)17-11-7-8-13-19-17/h3-11,13,15H,1,12,14H2,2H3,(H,20,22). The summed E-state index contributed by atoms with van der Waals surface area (Å²) >= 11 is 0. The maximum atomic E-state index is 12.5. The number of urea groups is 1. The molecule has 0 spiro atoms. The van der Waals surface area contributed by atoms with Crippen LogP contribution in [0.25, 0.3) is 0 Å². The van der Waals surface area contributed by atoms with Gasteiger partial charge < -0.3 is 10.2 Å². The summed E-state index contributed by atoms with van der Waals surface area (Å²) in [5, 5.41) is 2.84. The Morgan fingerprint density at radius 3 is 2.64 bits per heavy atom. The number of nitrogens with one attached hydrogen (secondary N) is 1. The molecule has 4 nitrogen and oxygen atoms in total. The smallest absolute Gasteiger partial charge is 0.318 e. The first-order valence-electron chi connectivity index (χ1n) is 7.32. The van der Waals surface area contributed by atoms with Crippen molar-refractivity contribution in [3.63, 3.8) is 0 Å². The number of pyridine rings is 1. The van der Waals surface area contributed by atoms with E-state index >= 15 is 0 Å². The van der Waals surface area contributed by atoms with Gasteiger partial charge in [-0.3, -0.25) is 4.98 Å². The van der Waals surface area contributed by atoms with Gasteiger partial charge in [0.2, 0.25) is 0 Å². The molecule has 1 atom stereocenters. The van der Waals surface area contributed by atoms with Gasteiger partial charge in [-0.25, -0.2) is 4.79 Å². The minimum Gasteiger partial charge on any atom is -0.335 e. The largest absolute Gasteiger partial charge is 0.335 e. The first-order chi connectivity index (χ1) is 10.7. The zero-order valence-electron chi connectivity index (χ0n) is 12.8. The summed E-state index contributed by atoms with van der Waals surface area (Å²) in [5.41, 5.74) is 1.95. The van der Waals surface area contributed by atoms with Gasteiger partial charge in [-0.15, -0.1) is 6.58 Å². The number of amides is 2. The van der Waals surface area contributed by atoms with Crippen molar-refractivity contribution in [2.24, 2.45) is 0 Å². The summed E-state index contributed by atoms with van der Waals surface area (Å²) in [6.07, 6.45) is 3.41. The Bertz CT molecular complexity index is 598. The summed E-state index contributed by atoms with van der Waals surface area (Å²) in [5.74, 6) is 0. The van der Waals surface area contributed by atoms with Gasteiger partial charge in [0.25, 0.3) is 0 Å². The lowest BCUT2D eigenvalue weighted by molar-refractivity contribution is 0.175. The molecule has 0 fully saturated rings. The Morgan fingerprint density at radius 2 is 2.00 bits per heavy atom. The molecule has 1 N–H and O–H groups in total. The first-order valence-corrected chi connectivity index (χ1v) is 7.32. The normalized spacial score (nSPS) is 11.5. The highest BCUT2D eigenvalue weighted by Crippen LogP contribution is 2.20. The Kier molecular flexibility index (Phi) is 5.72. The van der Waals surface area contributed by atoms with Crippen LogP contribution in [0.15, 0.2) is 67.4 Å². The van der Waals surface area contributed by atoms with Crippen LogP contribution in [0.1, 0.15) is 24.2 Å². The molecule has 0 saturated carbocycles. The van der Waals surface area contributed by atoms with E-state index in [0.717, 1.165) is 11.3 Å². The molecule has 0 radical (unpaired) electrons.